The molecule has 0 radical (unpaired) electrons. The van der Waals surface area contributed by atoms with E-state index in [4.69, 9.17) is 0 Å². The molecule has 0 aliphatic rings. The second-order valence-electron chi connectivity index (χ2n) is 3.92. The van der Waals surface area contributed by atoms with E-state index in [1.165, 1.54) is 4.68 Å². The van der Waals surface area contributed by atoms with Crippen molar-refractivity contribution < 1.29 is 0 Å². The van der Waals surface area contributed by atoms with Crippen molar-refractivity contribution in [2.24, 2.45) is 7.05 Å². The molecule has 4 heteroatoms. The number of rotatable bonds is 1. The van der Waals surface area contributed by atoms with Crippen molar-refractivity contribution in [3.63, 3.8) is 0 Å². The van der Waals surface area contributed by atoms with E-state index in [2.05, 4.69) is 19.9 Å². The second-order valence-corrected chi connectivity index (χ2v) is 18.3. The third-order valence-electron chi connectivity index (χ3n) is 1.81. The molecule has 0 bridgehead atoms. The zero-order valence-electron chi connectivity index (χ0n) is 7.96. The summed E-state index contributed by atoms with van der Waals surface area (Å²) in [5.41, 5.74) is 0.0841. The summed E-state index contributed by atoms with van der Waals surface area (Å²) in [5, 5.41) is 3.89. The van der Waals surface area contributed by atoms with Gasteiger partial charge >= 0.3 is 76.2 Å². The van der Waals surface area contributed by atoms with Crippen LogP contribution < -0.4 is 9.14 Å². The van der Waals surface area contributed by atoms with Gasteiger partial charge in [-0.3, -0.25) is 0 Å². The van der Waals surface area contributed by atoms with Gasteiger partial charge in [-0.2, -0.15) is 0 Å². The summed E-state index contributed by atoms with van der Waals surface area (Å²) in [5.74, 6) is 0. The summed E-state index contributed by atoms with van der Waals surface area (Å²) in [7, 11) is 1.70. The van der Waals surface area contributed by atoms with Crippen molar-refractivity contribution in [3.05, 3.63) is 22.6 Å². The van der Waals surface area contributed by atoms with Gasteiger partial charge in [0.1, 0.15) is 0 Å². The standard InChI is InChI=1S/C5H5N2O.3CH3.Sn/c1-7-5(8)3-2-4-6-7;;;;/h2,4H,1H3;3*1H3;. The van der Waals surface area contributed by atoms with E-state index >= 15 is 0 Å². The Morgan fingerprint density at radius 1 is 1.42 bits per heavy atom. The molecular weight excluding hydrogens is 259 g/mol. The zero-order chi connectivity index (χ0) is 9.35. The topological polar surface area (TPSA) is 34.9 Å². The first kappa shape index (κ1) is 9.76. The van der Waals surface area contributed by atoms with Crippen LogP contribution in [0.15, 0.2) is 17.1 Å². The van der Waals surface area contributed by atoms with E-state index in [-0.39, 0.29) is 5.56 Å². The number of aromatic nitrogens is 2. The number of hydrogen-bond acceptors (Lipinski definition) is 2. The molecule has 0 saturated heterocycles. The Morgan fingerprint density at radius 2 is 2.00 bits per heavy atom. The Morgan fingerprint density at radius 3 is 2.42 bits per heavy atom. The molecule has 0 fully saturated rings. The van der Waals surface area contributed by atoms with E-state index in [1.807, 2.05) is 6.07 Å². The monoisotopic (exact) mass is 274 g/mol. The van der Waals surface area contributed by atoms with E-state index in [1.54, 1.807) is 13.2 Å². The van der Waals surface area contributed by atoms with Gasteiger partial charge in [0.2, 0.25) is 0 Å². The summed E-state index contributed by atoms with van der Waals surface area (Å²) in [6.45, 7) is 0. The van der Waals surface area contributed by atoms with Crippen LogP contribution in [0.3, 0.4) is 0 Å². The van der Waals surface area contributed by atoms with Crippen molar-refractivity contribution in [3.8, 4) is 0 Å². The fourth-order valence-electron chi connectivity index (χ4n) is 1.08. The van der Waals surface area contributed by atoms with Gasteiger partial charge in [0.05, 0.1) is 0 Å². The molecule has 1 rings (SSSR count). The van der Waals surface area contributed by atoms with Crippen LogP contribution in [0, 0.1) is 0 Å². The van der Waals surface area contributed by atoms with Gasteiger partial charge in [-0.15, -0.1) is 0 Å². The van der Waals surface area contributed by atoms with Crippen LogP contribution >= 0.6 is 0 Å². The van der Waals surface area contributed by atoms with Gasteiger partial charge in [0, 0.05) is 0 Å². The van der Waals surface area contributed by atoms with Gasteiger partial charge in [-0.05, 0) is 0 Å². The number of aryl methyl sites for hydroxylation is 1. The number of nitrogens with zero attached hydrogens (tertiary/aromatic N) is 2. The summed E-state index contributed by atoms with van der Waals surface area (Å²) >= 11 is -2.19. The van der Waals surface area contributed by atoms with Crippen molar-refractivity contribution in [1.82, 2.24) is 9.78 Å². The van der Waals surface area contributed by atoms with E-state index < -0.39 is 18.4 Å². The molecule has 0 unspecified atom stereocenters. The molecule has 0 spiro atoms. The molecular formula is C8H14N2OSn. The van der Waals surface area contributed by atoms with Crippen molar-refractivity contribution >= 4 is 22.0 Å². The summed E-state index contributed by atoms with van der Waals surface area (Å²) in [6.07, 6.45) is 1.71. The maximum absolute atomic E-state index is 11.6. The van der Waals surface area contributed by atoms with Gasteiger partial charge in [-0.1, -0.05) is 0 Å². The minimum atomic E-state index is -2.19. The Hall–Kier alpha value is -0.321. The normalized spacial score (nSPS) is 11.7. The Balaban J connectivity index is 3.37. The van der Waals surface area contributed by atoms with Gasteiger partial charge in [0.15, 0.2) is 0 Å². The van der Waals surface area contributed by atoms with Gasteiger partial charge in [0.25, 0.3) is 0 Å². The first-order valence-corrected chi connectivity index (χ1v) is 13.9. The van der Waals surface area contributed by atoms with Gasteiger partial charge in [-0.25, -0.2) is 0 Å². The Bertz CT molecular complexity index is 338. The van der Waals surface area contributed by atoms with E-state index in [9.17, 15) is 4.79 Å². The Labute approximate surface area is 76.3 Å². The molecule has 0 aliphatic heterocycles. The summed E-state index contributed by atoms with van der Waals surface area (Å²) in [6, 6.07) is 1.87. The molecule has 12 heavy (non-hydrogen) atoms. The van der Waals surface area contributed by atoms with Crippen LogP contribution in [0.5, 0.6) is 0 Å². The first-order valence-electron chi connectivity index (χ1n) is 3.96. The fraction of sp³-hybridized carbons (Fsp3) is 0.500. The minimum absolute atomic E-state index is 0.0841. The van der Waals surface area contributed by atoms with Crippen LogP contribution in [0.25, 0.3) is 0 Å². The second kappa shape index (κ2) is 3.20. The van der Waals surface area contributed by atoms with E-state index in [0.717, 1.165) is 3.58 Å². The van der Waals surface area contributed by atoms with Crippen LogP contribution in [-0.4, -0.2) is 28.2 Å². The third-order valence-corrected chi connectivity index (χ3v) is 7.51. The average Bonchev–Trinajstić information content (AvgIpc) is 1.92. The molecule has 0 amide bonds. The predicted molar refractivity (Wildman–Crippen MR) is 52.5 cm³/mol. The van der Waals surface area contributed by atoms with E-state index in [0.29, 0.717) is 0 Å². The molecule has 1 aromatic heterocycles. The average molecular weight is 273 g/mol. The van der Waals surface area contributed by atoms with Crippen LogP contribution in [-0.2, 0) is 7.05 Å². The molecule has 0 aromatic carbocycles. The molecule has 66 valence electrons. The SMILES string of the molecule is Cn1ncc[c]([Sn]([CH3])([CH3])[CH3])c1=O. The van der Waals surface area contributed by atoms with Crippen LogP contribution in [0.2, 0.25) is 14.8 Å². The van der Waals surface area contributed by atoms with Crippen molar-refractivity contribution in [1.29, 1.82) is 0 Å². The maximum atomic E-state index is 11.6. The molecule has 1 aromatic rings. The number of hydrogen-bond donors (Lipinski definition) is 0. The third kappa shape index (κ3) is 1.88. The van der Waals surface area contributed by atoms with Crippen LogP contribution in [0.4, 0.5) is 0 Å². The molecule has 0 aliphatic carbocycles. The zero-order valence-corrected chi connectivity index (χ0v) is 10.8. The van der Waals surface area contributed by atoms with Crippen LogP contribution in [0.1, 0.15) is 0 Å². The summed E-state index contributed by atoms with van der Waals surface area (Å²) in [4.78, 5) is 18.3. The molecule has 3 nitrogen and oxygen atoms in total. The fourth-order valence-corrected chi connectivity index (χ4v) is 5.01. The van der Waals surface area contributed by atoms with Gasteiger partial charge < -0.3 is 0 Å². The quantitative estimate of drug-likeness (QED) is 0.691. The van der Waals surface area contributed by atoms with Crippen molar-refractivity contribution in [2.45, 2.75) is 14.8 Å². The molecule has 0 atom stereocenters. The molecule has 0 saturated carbocycles. The summed E-state index contributed by atoms with van der Waals surface area (Å²) < 4.78 is 2.43. The Kier molecular flexibility index (Phi) is 2.60. The van der Waals surface area contributed by atoms with Crippen molar-refractivity contribution in [2.75, 3.05) is 0 Å². The predicted octanol–water partition coefficient (Wildman–Crippen LogP) is 0.325. The first-order chi connectivity index (χ1) is 5.43. The molecule has 0 N–H and O–H groups in total. The molecule has 1 heterocycles.